The minimum atomic E-state index is 0.263. The zero-order chi connectivity index (χ0) is 12.4. The summed E-state index contributed by atoms with van der Waals surface area (Å²) in [7, 11) is 0. The molecule has 6 nitrogen and oxygen atoms in total. The molecule has 0 fully saturated rings. The number of aryl methyl sites for hydroxylation is 2. The summed E-state index contributed by atoms with van der Waals surface area (Å²) in [5, 5.41) is 9.19. The summed E-state index contributed by atoms with van der Waals surface area (Å²) in [6.45, 7) is 5.37. The van der Waals surface area contributed by atoms with E-state index in [2.05, 4.69) is 15.2 Å². The number of nitrogens with two attached hydrogens (primary N) is 1. The number of aromatic nitrogens is 5. The van der Waals surface area contributed by atoms with Crippen LogP contribution in [0.25, 0.3) is 0 Å². The van der Waals surface area contributed by atoms with E-state index in [9.17, 15) is 0 Å². The van der Waals surface area contributed by atoms with Gasteiger partial charge in [0.15, 0.2) is 0 Å². The van der Waals surface area contributed by atoms with Crippen LogP contribution in [0.4, 0.5) is 5.95 Å². The number of nitrogens with zero attached hydrogens (tertiary/aromatic N) is 5. The van der Waals surface area contributed by atoms with Crippen LogP contribution < -0.4 is 5.73 Å². The highest BCUT2D eigenvalue weighted by Crippen LogP contribution is 2.22. The highest BCUT2D eigenvalue weighted by atomic mass is 35.5. The first-order chi connectivity index (χ1) is 8.15. The van der Waals surface area contributed by atoms with Crippen molar-refractivity contribution in [1.29, 1.82) is 0 Å². The first-order valence-corrected chi connectivity index (χ1v) is 5.92. The van der Waals surface area contributed by atoms with Crippen LogP contribution >= 0.6 is 11.6 Å². The second-order valence-electron chi connectivity index (χ2n) is 3.68. The van der Waals surface area contributed by atoms with Gasteiger partial charge in [0.1, 0.15) is 6.33 Å². The Kier molecular flexibility index (Phi) is 3.33. The number of hydrogen-bond acceptors (Lipinski definition) is 4. The minimum Gasteiger partial charge on any atom is -0.367 e. The molecule has 17 heavy (non-hydrogen) atoms. The molecule has 92 valence electrons. The summed E-state index contributed by atoms with van der Waals surface area (Å²) >= 11 is 6.29. The van der Waals surface area contributed by atoms with Crippen LogP contribution in [0.2, 0.25) is 5.02 Å². The summed E-state index contributed by atoms with van der Waals surface area (Å²) in [5.74, 6) is 0.263. The van der Waals surface area contributed by atoms with Crippen molar-refractivity contribution in [3.63, 3.8) is 0 Å². The molecule has 0 saturated carbocycles. The molecule has 7 heteroatoms. The van der Waals surface area contributed by atoms with E-state index in [1.54, 1.807) is 11.0 Å². The summed E-state index contributed by atoms with van der Waals surface area (Å²) in [5.41, 5.74) is 7.33. The molecule has 2 N–H and O–H groups in total. The van der Waals surface area contributed by atoms with Crippen molar-refractivity contribution >= 4 is 17.5 Å². The van der Waals surface area contributed by atoms with Gasteiger partial charge in [-0.25, -0.2) is 9.67 Å². The molecule has 0 bridgehead atoms. The van der Waals surface area contributed by atoms with E-state index >= 15 is 0 Å². The zero-order valence-corrected chi connectivity index (χ0v) is 10.6. The number of hydrogen-bond donors (Lipinski definition) is 1. The lowest BCUT2D eigenvalue weighted by Crippen LogP contribution is -2.09. The summed E-state index contributed by atoms with van der Waals surface area (Å²) in [6.07, 6.45) is 2.41. The van der Waals surface area contributed by atoms with Crippen LogP contribution in [0.3, 0.4) is 0 Å². The van der Waals surface area contributed by atoms with Crippen LogP contribution in [-0.4, -0.2) is 24.5 Å². The fourth-order valence-corrected chi connectivity index (χ4v) is 2.04. The zero-order valence-electron chi connectivity index (χ0n) is 9.89. The standard InChI is InChI=1S/C10H15ClN6/c1-3-7-9(11)8(17(4-2)14-7)5-16-6-13-10(12)15-16/h6H,3-5H2,1-2H3,(H2,12,15). The Labute approximate surface area is 104 Å². The smallest absolute Gasteiger partial charge is 0.239 e. The van der Waals surface area contributed by atoms with Gasteiger partial charge in [0.25, 0.3) is 0 Å². The molecule has 2 rings (SSSR count). The molecule has 2 aromatic rings. The largest absolute Gasteiger partial charge is 0.367 e. The Hall–Kier alpha value is -1.56. The van der Waals surface area contributed by atoms with E-state index in [1.807, 2.05) is 18.5 Å². The van der Waals surface area contributed by atoms with Crippen LogP contribution in [0, 0.1) is 0 Å². The first-order valence-electron chi connectivity index (χ1n) is 5.54. The molecule has 0 aromatic carbocycles. The molecular formula is C10H15ClN6. The van der Waals surface area contributed by atoms with Gasteiger partial charge in [-0.2, -0.15) is 5.10 Å². The lowest BCUT2D eigenvalue weighted by Gasteiger charge is -2.04. The maximum absolute atomic E-state index is 6.29. The van der Waals surface area contributed by atoms with Crippen molar-refractivity contribution in [2.45, 2.75) is 33.4 Å². The average Bonchev–Trinajstić information content (AvgIpc) is 2.85. The van der Waals surface area contributed by atoms with E-state index in [4.69, 9.17) is 17.3 Å². The molecule has 0 aliphatic heterocycles. The SMILES string of the molecule is CCc1nn(CC)c(Cn2cnc(N)n2)c1Cl. The van der Waals surface area contributed by atoms with Crippen LogP contribution in [-0.2, 0) is 19.5 Å². The lowest BCUT2D eigenvalue weighted by molar-refractivity contribution is 0.574. The quantitative estimate of drug-likeness (QED) is 0.894. The van der Waals surface area contributed by atoms with Crippen molar-refractivity contribution < 1.29 is 0 Å². The third-order valence-corrected chi connectivity index (χ3v) is 3.00. The van der Waals surface area contributed by atoms with E-state index in [0.717, 1.165) is 24.4 Å². The molecule has 0 aliphatic carbocycles. The van der Waals surface area contributed by atoms with E-state index in [0.29, 0.717) is 11.6 Å². The highest BCUT2D eigenvalue weighted by molar-refractivity contribution is 6.31. The topological polar surface area (TPSA) is 74.5 Å². The minimum absolute atomic E-state index is 0.263. The van der Waals surface area contributed by atoms with Gasteiger partial charge >= 0.3 is 0 Å². The fourth-order valence-electron chi connectivity index (χ4n) is 1.71. The Morgan fingerprint density at radius 2 is 2.12 bits per heavy atom. The van der Waals surface area contributed by atoms with Gasteiger partial charge in [-0.3, -0.25) is 4.68 Å². The molecule has 0 atom stereocenters. The Balaban J connectivity index is 2.34. The molecule has 0 radical (unpaired) electrons. The molecule has 2 aromatic heterocycles. The summed E-state index contributed by atoms with van der Waals surface area (Å²) in [4.78, 5) is 3.88. The third-order valence-electron chi connectivity index (χ3n) is 2.56. The number of anilines is 1. The van der Waals surface area contributed by atoms with E-state index in [1.165, 1.54) is 0 Å². The summed E-state index contributed by atoms with van der Waals surface area (Å²) < 4.78 is 3.54. The Morgan fingerprint density at radius 1 is 1.35 bits per heavy atom. The molecule has 0 spiro atoms. The molecule has 0 amide bonds. The van der Waals surface area contributed by atoms with E-state index in [-0.39, 0.29) is 5.95 Å². The Bertz CT molecular complexity index is 515. The van der Waals surface area contributed by atoms with Gasteiger partial charge in [0.05, 0.1) is 23.0 Å². The normalized spacial score (nSPS) is 11.0. The number of rotatable bonds is 4. The predicted molar refractivity (Wildman–Crippen MR) is 65.8 cm³/mol. The third kappa shape index (κ3) is 2.26. The number of nitrogen functional groups attached to an aromatic ring is 1. The van der Waals surface area contributed by atoms with E-state index < -0.39 is 0 Å². The lowest BCUT2D eigenvalue weighted by atomic mass is 10.3. The van der Waals surface area contributed by atoms with Crippen molar-refractivity contribution in [3.8, 4) is 0 Å². The highest BCUT2D eigenvalue weighted by Gasteiger charge is 2.14. The monoisotopic (exact) mass is 254 g/mol. The van der Waals surface area contributed by atoms with Gasteiger partial charge < -0.3 is 5.73 Å². The van der Waals surface area contributed by atoms with Crippen molar-refractivity contribution in [2.24, 2.45) is 0 Å². The molecule has 0 saturated heterocycles. The van der Waals surface area contributed by atoms with Crippen molar-refractivity contribution in [1.82, 2.24) is 24.5 Å². The maximum Gasteiger partial charge on any atom is 0.239 e. The first kappa shape index (κ1) is 11.9. The van der Waals surface area contributed by atoms with Crippen molar-refractivity contribution in [3.05, 3.63) is 22.7 Å². The van der Waals surface area contributed by atoms with Crippen LogP contribution in [0.15, 0.2) is 6.33 Å². The predicted octanol–water partition coefficient (Wildman–Crippen LogP) is 1.34. The Morgan fingerprint density at radius 3 is 2.65 bits per heavy atom. The van der Waals surface area contributed by atoms with Gasteiger partial charge in [-0.15, -0.1) is 5.10 Å². The van der Waals surface area contributed by atoms with Crippen LogP contribution in [0.1, 0.15) is 25.2 Å². The average molecular weight is 255 g/mol. The fraction of sp³-hybridized carbons (Fsp3) is 0.500. The van der Waals surface area contributed by atoms with Crippen molar-refractivity contribution in [2.75, 3.05) is 5.73 Å². The molecular weight excluding hydrogens is 240 g/mol. The summed E-state index contributed by atoms with van der Waals surface area (Å²) in [6, 6.07) is 0. The van der Waals surface area contributed by atoms with Gasteiger partial charge in [-0.1, -0.05) is 18.5 Å². The second-order valence-corrected chi connectivity index (χ2v) is 4.05. The number of halogens is 1. The molecule has 0 aliphatic rings. The maximum atomic E-state index is 6.29. The molecule has 0 unspecified atom stereocenters. The van der Waals surface area contributed by atoms with Gasteiger partial charge in [-0.05, 0) is 13.3 Å². The molecule has 2 heterocycles. The second kappa shape index (κ2) is 4.75. The van der Waals surface area contributed by atoms with Gasteiger partial charge in [0.2, 0.25) is 5.95 Å². The van der Waals surface area contributed by atoms with Crippen LogP contribution in [0.5, 0.6) is 0 Å². The van der Waals surface area contributed by atoms with Gasteiger partial charge in [0, 0.05) is 6.54 Å².